The van der Waals surface area contributed by atoms with Crippen LogP contribution in [0.5, 0.6) is 0 Å². The van der Waals surface area contributed by atoms with Crippen LogP contribution in [-0.2, 0) is 9.53 Å². The predicted molar refractivity (Wildman–Crippen MR) is 77.9 cm³/mol. The molecule has 0 aliphatic heterocycles. The minimum atomic E-state index is 0.648. The Morgan fingerprint density at radius 3 is 2.28 bits per heavy atom. The molecule has 0 N–H and O–H groups in total. The third-order valence-corrected chi connectivity index (χ3v) is 1.74. The third-order valence-electron chi connectivity index (χ3n) is 1.74. The molecule has 0 saturated carbocycles. The van der Waals surface area contributed by atoms with Crippen LogP contribution in [-0.4, -0.2) is 19.7 Å². The molecule has 0 amide bonds. The van der Waals surface area contributed by atoms with Crippen molar-refractivity contribution in [2.45, 2.75) is 27.2 Å². The second-order valence-electron chi connectivity index (χ2n) is 2.79. The highest BCUT2D eigenvalue weighted by Crippen LogP contribution is 2.02. The van der Waals surface area contributed by atoms with E-state index in [4.69, 9.17) is 9.53 Å². The van der Waals surface area contributed by atoms with Gasteiger partial charge in [-0.25, -0.2) is 0 Å². The lowest BCUT2D eigenvalue weighted by Crippen LogP contribution is -2.01. The normalized spacial score (nSPS) is 9.89. The van der Waals surface area contributed by atoms with Crippen molar-refractivity contribution in [2.24, 2.45) is 4.99 Å². The summed E-state index contributed by atoms with van der Waals surface area (Å²) < 4.78 is 5.39. The van der Waals surface area contributed by atoms with Crippen LogP contribution in [0.4, 0.5) is 0 Å². The number of rotatable bonds is 3. The van der Waals surface area contributed by atoms with Gasteiger partial charge in [-0.15, -0.1) is 0 Å². The molecule has 0 fully saturated rings. The van der Waals surface area contributed by atoms with Gasteiger partial charge in [-0.1, -0.05) is 39.0 Å². The van der Waals surface area contributed by atoms with E-state index in [9.17, 15) is 0 Å². The van der Waals surface area contributed by atoms with E-state index in [1.165, 1.54) is 0 Å². The number of hydrogen-bond donors (Lipinski definition) is 0. The molecule has 0 atom stereocenters. The third kappa shape index (κ3) is 8.28. The van der Waals surface area contributed by atoms with Gasteiger partial charge in [0.2, 0.25) is 5.90 Å². The van der Waals surface area contributed by atoms with Crippen molar-refractivity contribution in [1.82, 2.24) is 0 Å². The van der Waals surface area contributed by atoms with Crippen molar-refractivity contribution < 1.29 is 9.53 Å². The molecule has 1 rings (SSSR count). The van der Waals surface area contributed by atoms with Crippen molar-refractivity contribution in [3.63, 3.8) is 0 Å². The van der Waals surface area contributed by atoms with Crippen LogP contribution in [0.2, 0.25) is 0 Å². The molecule has 3 heteroatoms. The summed E-state index contributed by atoms with van der Waals surface area (Å²) in [5.41, 5.74) is 0.996. The minimum absolute atomic E-state index is 0.648. The topological polar surface area (TPSA) is 38.7 Å². The van der Waals surface area contributed by atoms with Crippen LogP contribution in [0.3, 0.4) is 0 Å². The molecular weight excluding hydrogens is 226 g/mol. The summed E-state index contributed by atoms with van der Waals surface area (Å²) in [7, 11) is 1.72. The number of carbonyl (C=O) groups excluding carboxylic acids is 1. The Balaban J connectivity index is 0. The predicted octanol–water partition coefficient (Wildman–Crippen LogP) is 3.84. The largest absolute Gasteiger partial charge is 0.447 e. The van der Waals surface area contributed by atoms with E-state index >= 15 is 0 Å². The van der Waals surface area contributed by atoms with Crippen molar-refractivity contribution >= 4 is 12.7 Å². The summed E-state index contributed by atoms with van der Waals surface area (Å²) in [4.78, 5) is 12.1. The number of aliphatic imine (C=N–C) groups is 1. The standard InChI is InChI=1S/C12H15NO.C2H6.CH2O/c1-3-4-10-14-12(13-2)11-8-6-5-7-9-11;2*1-2/h4-10H,3H2,1-2H3;1-2H3;1H2/b10-4+,13-12?;;. The van der Waals surface area contributed by atoms with Crippen molar-refractivity contribution in [2.75, 3.05) is 7.05 Å². The summed E-state index contributed by atoms with van der Waals surface area (Å²) in [5.74, 6) is 0.648. The van der Waals surface area contributed by atoms with Crippen LogP contribution in [0.25, 0.3) is 0 Å². The van der Waals surface area contributed by atoms with E-state index in [0.717, 1.165) is 12.0 Å². The summed E-state index contributed by atoms with van der Waals surface area (Å²) in [5, 5.41) is 0. The van der Waals surface area contributed by atoms with Gasteiger partial charge in [-0.3, -0.25) is 4.99 Å². The second-order valence-corrected chi connectivity index (χ2v) is 2.79. The summed E-state index contributed by atoms with van der Waals surface area (Å²) in [6.07, 6.45) is 4.59. The summed E-state index contributed by atoms with van der Waals surface area (Å²) in [6, 6.07) is 9.85. The molecule has 100 valence electrons. The number of benzene rings is 1. The molecule has 0 aliphatic carbocycles. The zero-order chi connectivity index (χ0) is 14.2. The first kappa shape index (κ1) is 18.5. The molecule has 0 unspecified atom stereocenters. The molecule has 0 saturated heterocycles. The maximum Gasteiger partial charge on any atom is 0.220 e. The van der Waals surface area contributed by atoms with Gasteiger partial charge in [0.05, 0.1) is 6.26 Å². The van der Waals surface area contributed by atoms with E-state index in [0.29, 0.717) is 5.90 Å². The van der Waals surface area contributed by atoms with Gasteiger partial charge in [0, 0.05) is 12.6 Å². The molecule has 1 aromatic rings. The molecule has 0 radical (unpaired) electrons. The average molecular weight is 249 g/mol. The SMILES string of the molecule is C=O.CC.CC/C=C/OC(=NC)c1ccccc1. The number of carbonyl (C=O) groups is 1. The molecule has 0 spiro atoms. The molecular formula is C15H23NO2. The molecule has 0 bridgehead atoms. The molecule has 0 heterocycles. The average Bonchev–Trinajstić information content (AvgIpc) is 2.49. The fourth-order valence-corrected chi connectivity index (χ4v) is 1.04. The number of allylic oxidation sites excluding steroid dienone is 1. The van der Waals surface area contributed by atoms with Crippen LogP contribution in [0, 0.1) is 0 Å². The van der Waals surface area contributed by atoms with Crippen LogP contribution < -0.4 is 0 Å². The van der Waals surface area contributed by atoms with Crippen LogP contribution in [0.1, 0.15) is 32.8 Å². The maximum absolute atomic E-state index is 8.00. The van der Waals surface area contributed by atoms with E-state index in [2.05, 4.69) is 11.9 Å². The first-order valence-electron chi connectivity index (χ1n) is 6.01. The lowest BCUT2D eigenvalue weighted by Gasteiger charge is -2.03. The lowest BCUT2D eigenvalue weighted by atomic mass is 10.2. The zero-order valence-electron chi connectivity index (χ0n) is 11.7. The highest BCUT2D eigenvalue weighted by Gasteiger charge is 1.99. The molecule has 1 aromatic carbocycles. The van der Waals surface area contributed by atoms with E-state index < -0.39 is 0 Å². The van der Waals surface area contributed by atoms with Crippen LogP contribution in [0.15, 0.2) is 47.7 Å². The Bertz CT molecular complexity index is 332. The van der Waals surface area contributed by atoms with Gasteiger partial charge < -0.3 is 9.53 Å². The smallest absolute Gasteiger partial charge is 0.220 e. The Morgan fingerprint density at radius 2 is 1.83 bits per heavy atom. The number of nitrogens with zero attached hydrogens (tertiary/aromatic N) is 1. The zero-order valence-corrected chi connectivity index (χ0v) is 11.7. The highest BCUT2D eigenvalue weighted by molar-refractivity contribution is 5.94. The van der Waals surface area contributed by atoms with E-state index in [1.54, 1.807) is 13.3 Å². The number of hydrogen-bond acceptors (Lipinski definition) is 3. The summed E-state index contributed by atoms with van der Waals surface area (Å²) in [6.45, 7) is 8.06. The maximum atomic E-state index is 8.00. The van der Waals surface area contributed by atoms with Gasteiger partial charge in [0.15, 0.2) is 0 Å². The van der Waals surface area contributed by atoms with Gasteiger partial charge >= 0.3 is 0 Å². The van der Waals surface area contributed by atoms with Crippen LogP contribution >= 0.6 is 0 Å². The van der Waals surface area contributed by atoms with Gasteiger partial charge in [0.25, 0.3) is 0 Å². The quantitative estimate of drug-likeness (QED) is 0.463. The Morgan fingerprint density at radius 1 is 1.28 bits per heavy atom. The highest BCUT2D eigenvalue weighted by atomic mass is 16.5. The van der Waals surface area contributed by atoms with Gasteiger partial charge in [0.1, 0.15) is 6.79 Å². The minimum Gasteiger partial charge on any atom is -0.447 e. The fourth-order valence-electron chi connectivity index (χ4n) is 1.04. The monoisotopic (exact) mass is 249 g/mol. The second kappa shape index (κ2) is 15.1. The first-order valence-corrected chi connectivity index (χ1v) is 6.01. The fraction of sp³-hybridized carbons (Fsp3) is 0.333. The van der Waals surface area contributed by atoms with Crippen molar-refractivity contribution in [3.8, 4) is 0 Å². The molecule has 18 heavy (non-hydrogen) atoms. The molecule has 0 aromatic heterocycles. The van der Waals surface area contributed by atoms with Gasteiger partial charge in [-0.2, -0.15) is 0 Å². The van der Waals surface area contributed by atoms with E-state index in [-0.39, 0.29) is 0 Å². The van der Waals surface area contributed by atoms with Gasteiger partial charge in [-0.05, 0) is 24.6 Å². The lowest BCUT2D eigenvalue weighted by molar-refractivity contribution is -0.0979. The van der Waals surface area contributed by atoms with Crippen molar-refractivity contribution in [3.05, 3.63) is 48.2 Å². The summed E-state index contributed by atoms with van der Waals surface area (Å²) >= 11 is 0. The molecule has 0 aliphatic rings. The number of ether oxygens (including phenoxy) is 1. The first-order chi connectivity index (χ1) is 8.88. The van der Waals surface area contributed by atoms with E-state index in [1.807, 2.05) is 57.0 Å². The Labute approximate surface area is 110 Å². The molecule has 3 nitrogen and oxygen atoms in total. The Hall–Kier alpha value is -1.90. The van der Waals surface area contributed by atoms with Crippen molar-refractivity contribution in [1.29, 1.82) is 0 Å². The Kier molecular flexibility index (Phi) is 15.5.